The number of halogens is 1. The lowest BCUT2D eigenvalue weighted by Gasteiger charge is -2.35. The van der Waals surface area contributed by atoms with E-state index in [-0.39, 0.29) is 18.5 Å². The summed E-state index contributed by atoms with van der Waals surface area (Å²) in [5.74, 6) is -1.26. The van der Waals surface area contributed by atoms with Crippen molar-refractivity contribution in [3.63, 3.8) is 0 Å². The number of rotatable bonds is 7. The third kappa shape index (κ3) is 5.61. The van der Waals surface area contributed by atoms with Crippen LogP contribution in [0, 0.1) is 11.7 Å². The number of amides is 2. The average molecular weight is 433 g/mol. The first-order chi connectivity index (χ1) is 14.9. The predicted molar refractivity (Wildman–Crippen MR) is 110 cm³/mol. The van der Waals surface area contributed by atoms with E-state index in [9.17, 15) is 18.8 Å². The van der Waals surface area contributed by atoms with Gasteiger partial charge in [0, 0.05) is 12.2 Å². The van der Waals surface area contributed by atoms with E-state index >= 15 is 0 Å². The quantitative estimate of drug-likeness (QED) is 0.641. The number of urea groups is 1. The number of nitrogens with one attached hydrogen (secondary N) is 2. The van der Waals surface area contributed by atoms with Gasteiger partial charge < -0.3 is 20.1 Å². The van der Waals surface area contributed by atoms with E-state index in [1.807, 2.05) is 0 Å². The van der Waals surface area contributed by atoms with Gasteiger partial charge in [-0.3, -0.25) is 9.69 Å². The summed E-state index contributed by atoms with van der Waals surface area (Å²) in [5.41, 5.74) is 1.32. The summed E-state index contributed by atoms with van der Waals surface area (Å²) in [4.78, 5) is 39.2. The molecule has 168 valence electrons. The van der Waals surface area contributed by atoms with Gasteiger partial charge in [-0.2, -0.15) is 0 Å². The summed E-state index contributed by atoms with van der Waals surface area (Å²) < 4.78 is 23.7. The van der Waals surface area contributed by atoms with Crippen LogP contribution in [0.15, 0.2) is 35.5 Å². The van der Waals surface area contributed by atoms with Gasteiger partial charge in [0.1, 0.15) is 5.82 Å². The molecule has 1 saturated heterocycles. The van der Waals surface area contributed by atoms with E-state index in [0.29, 0.717) is 55.9 Å². The summed E-state index contributed by atoms with van der Waals surface area (Å²) in [6, 6.07) is 4.44. The van der Waals surface area contributed by atoms with Crippen molar-refractivity contribution < 1.29 is 28.2 Å². The molecule has 8 nitrogen and oxygen atoms in total. The SMILES string of the molecule is CCOC(=O)C1=C(CN2CCC(C(=O)OCC)CC2)NC(=O)N[C@H]1c1ccc(F)cc1. The van der Waals surface area contributed by atoms with Crippen LogP contribution in [0.25, 0.3) is 0 Å². The number of nitrogens with zero attached hydrogens (tertiary/aromatic N) is 1. The monoisotopic (exact) mass is 433 g/mol. The maximum atomic E-state index is 13.4. The maximum Gasteiger partial charge on any atom is 0.338 e. The van der Waals surface area contributed by atoms with Crippen LogP contribution in [0.4, 0.5) is 9.18 Å². The molecular formula is C22H28FN3O5. The van der Waals surface area contributed by atoms with Crippen LogP contribution in [0.2, 0.25) is 0 Å². The number of carbonyl (C=O) groups is 3. The molecule has 2 amide bonds. The Morgan fingerprint density at radius 2 is 1.74 bits per heavy atom. The molecule has 1 fully saturated rings. The zero-order valence-corrected chi connectivity index (χ0v) is 17.8. The van der Waals surface area contributed by atoms with Crippen molar-refractivity contribution in [1.82, 2.24) is 15.5 Å². The molecule has 2 aliphatic rings. The zero-order chi connectivity index (χ0) is 22.4. The van der Waals surface area contributed by atoms with E-state index in [1.165, 1.54) is 24.3 Å². The van der Waals surface area contributed by atoms with Gasteiger partial charge in [-0.25, -0.2) is 14.0 Å². The molecule has 2 heterocycles. The minimum atomic E-state index is -0.750. The molecule has 0 aliphatic carbocycles. The van der Waals surface area contributed by atoms with Crippen LogP contribution in [-0.4, -0.2) is 55.7 Å². The number of piperidine rings is 1. The van der Waals surface area contributed by atoms with Crippen LogP contribution in [0.3, 0.4) is 0 Å². The second kappa shape index (κ2) is 10.4. The van der Waals surface area contributed by atoms with E-state index in [0.717, 1.165) is 0 Å². The van der Waals surface area contributed by atoms with Gasteiger partial charge in [-0.1, -0.05) is 12.1 Å². The number of ether oxygens (including phenoxy) is 2. The first kappa shape index (κ1) is 22.7. The summed E-state index contributed by atoms with van der Waals surface area (Å²) in [6.45, 7) is 5.63. The Labute approximate surface area is 180 Å². The van der Waals surface area contributed by atoms with Crippen LogP contribution in [0.1, 0.15) is 38.3 Å². The van der Waals surface area contributed by atoms with Crippen LogP contribution in [0.5, 0.6) is 0 Å². The molecule has 0 saturated carbocycles. The van der Waals surface area contributed by atoms with Gasteiger partial charge in [0.25, 0.3) is 0 Å². The molecule has 0 unspecified atom stereocenters. The fourth-order valence-corrected chi connectivity index (χ4v) is 3.91. The van der Waals surface area contributed by atoms with Crippen molar-refractivity contribution in [2.75, 3.05) is 32.8 Å². The molecule has 2 N–H and O–H groups in total. The Morgan fingerprint density at radius 1 is 1.10 bits per heavy atom. The summed E-state index contributed by atoms with van der Waals surface area (Å²) in [5, 5.41) is 5.47. The second-order valence-electron chi connectivity index (χ2n) is 7.50. The van der Waals surface area contributed by atoms with Crippen molar-refractivity contribution in [2.45, 2.75) is 32.7 Å². The van der Waals surface area contributed by atoms with E-state index in [2.05, 4.69) is 15.5 Å². The molecule has 0 bridgehead atoms. The lowest BCUT2D eigenvalue weighted by molar-refractivity contribution is -0.149. The molecule has 31 heavy (non-hydrogen) atoms. The van der Waals surface area contributed by atoms with E-state index in [1.54, 1.807) is 13.8 Å². The lowest BCUT2D eigenvalue weighted by Crippen LogP contribution is -2.49. The molecule has 3 rings (SSSR count). The molecule has 0 radical (unpaired) electrons. The standard InChI is InChI=1S/C22H28FN3O5/c1-3-30-20(27)15-9-11-26(12-10-15)13-17-18(21(28)31-4-2)19(25-22(29)24-17)14-5-7-16(23)8-6-14/h5-8,15,19H,3-4,9-13H2,1-2H3,(H2,24,25,29)/t19-/m0/s1. The third-order valence-electron chi connectivity index (χ3n) is 5.44. The average Bonchev–Trinajstić information content (AvgIpc) is 2.74. The highest BCUT2D eigenvalue weighted by molar-refractivity contribution is 5.95. The highest BCUT2D eigenvalue weighted by Crippen LogP contribution is 2.29. The molecule has 2 aliphatic heterocycles. The van der Waals surface area contributed by atoms with Crippen molar-refractivity contribution in [3.8, 4) is 0 Å². The predicted octanol–water partition coefficient (Wildman–Crippen LogP) is 2.27. The zero-order valence-electron chi connectivity index (χ0n) is 17.8. The molecular weight excluding hydrogens is 405 g/mol. The number of likely N-dealkylation sites (tertiary alicyclic amines) is 1. The first-order valence-electron chi connectivity index (χ1n) is 10.5. The van der Waals surface area contributed by atoms with Gasteiger partial charge in [-0.05, 0) is 57.5 Å². The lowest BCUT2D eigenvalue weighted by atomic mass is 9.93. The highest BCUT2D eigenvalue weighted by Gasteiger charge is 2.35. The normalized spacial score (nSPS) is 20.1. The summed E-state index contributed by atoms with van der Waals surface area (Å²) >= 11 is 0. The smallest absolute Gasteiger partial charge is 0.338 e. The molecule has 9 heteroatoms. The minimum Gasteiger partial charge on any atom is -0.466 e. The fourth-order valence-electron chi connectivity index (χ4n) is 3.91. The molecule has 1 aromatic rings. The fraction of sp³-hybridized carbons (Fsp3) is 0.500. The van der Waals surface area contributed by atoms with Crippen LogP contribution in [-0.2, 0) is 19.1 Å². The second-order valence-corrected chi connectivity index (χ2v) is 7.50. The minimum absolute atomic E-state index is 0.135. The topological polar surface area (TPSA) is 97.0 Å². The van der Waals surface area contributed by atoms with Gasteiger partial charge in [0.15, 0.2) is 0 Å². The Hall–Kier alpha value is -2.94. The van der Waals surface area contributed by atoms with E-state index in [4.69, 9.17) is 9.47 Å². The van der Waals surface area contributed by atoms with Crippen LogP contribution >= 0.6 is 0 Å². The Kier molecular flexibility index (Phi) is 7.62. The van der Waals surface area contributed by atoms with Crippen LogP contribution < -0.4 is 10.6 Å². The van der Waals surface area contributed by atoms with E-state index < -0.39 is 23.9 Å². The number of esters is 2. The Morgan fingerprint density at radius 3 is 2.35 bits per heavy atom. The number of hydrogen-bond acceptors (Lipinski definition) is 6. The molecule has 0 aromatic heterocycles. The summed E-state index contributed by atoms with van der Waals surface area (Å²) in [6.07, 6.45) is 1.29. The van der Waals surface area contributed by atoms with Crippen molar-refractivity contribution in [1.29, 1.82) is 0 Å². The summed E-state index contributed by atoms with van der Waals surface area (Å²) in [7, 11) is 0. The first-order valence-corrected chi connectivity index (χ1v) is 10.5. The largest absolute Gasteiger partial charge is 0.466 e. The molecule has 1 aromatic carbocycles. The highest BCUT2D eigenvalue weighted by atomic mass is 19.1. The molecule has 1 atom stereocenters. The van der Waals surface area contributed by atoms with Crippen molar-refractivity contribution in [3.05, 3.63) is 46.9 Å². The van der Waals surface area contributed by atoms with Crippen molar-refractivity contribution in [2.24, 2.45) is 5.92 Å². The van der Waals surface area contributed by atoms with Crippen molar-refractivity contribution >= 4 is 18.0 Å². The Bertz CT molecular complexity index is 847. The number of hydrogen-bond donors (Lipinski definition) is 2. The van der Waals surface area contributed by atoms with Gasteiger partial charge in [0.2, 0.25) is 0 Å². The number of carbonyl (C=O) groups excluding carboxylic acids is 3. The van der Waals surface area contributed by atoms with Gasteiger partial charge in [0.05, 0.1) is 30.7 Å². The Balaban J connectivity index is 1.82. The van der Waals surface area contributed by atoms with Gasteiger partial charge in [-0.15, -0.1) is 0 Å². The van der Waals surface area contributed by atoms with Gasteiger partial charge >= 0.3 is 18.0 Å². The number of benzene rings is 1. The third-order valence-corrected chi connectivity index (χ3v) is 5.44. The molecule has 0 spiro atoms. The maximum absolute atomic E-state index is 13.4.